The summed E-state index contributed by atoms with van der Waals surface area (Å²) >= 11 is 0. The average Bonchev–Trinajstić information content (AvgIpc) is 2.82. The summed E-state index contributed by atoms with van der Waals surface area (Å²) < 4.78 is 14.6. The van der Waals surface area contributed by atoms with Gasteiger partial charge in [-0.15, -0.1) is 0 Å². The highest BCUT2D eigenvalue weighted by molar-refractivity contribution is 5.88. The number of pyridine rings is 1. The molecule has 0 amide bonds. The Hall–Kier alpha value is -2.69. The minimum atomic E-state index is -0.992. The van der Waals surface area contributed by atoms with Crippen molar-refractivity contribution in [2.75, 3.05) is 0 Å². The summed E-state index contributed by atoms with van der Waals surface area (Å²) in [4.78, 5) is 15.2. The van der Waals surface area contributed by atoms with Crippen molar-refractivity contribution < 1.29 is 14.3 Å². The molecule has 0 radical (unpaired) electrons. The molecule has 94 valence electrons. The molecule has 0 aliphatic rings. The first kappa shape index (κ1) is 11.4. The number of aromatic nitrogens is 2. The first-order chi connectivity index (χ1) is 9.13. The van der Waals surface area contributed by atoms with Gasteiger partial charge in [0.25, 0.3) is 0 Å². The maximum absolute atomic E-state index is 12.9. The van der Waals surface area contributed by atoms with Gasteiger partial charge in [0.15, 0.2) is 0 Å². The molecular weight excluding hydrogens is 247 g/mol. The minimum Gasteiger partial charge on any atom is -0.478 e. The summed E-state index contributed by atoms with van der Waals surface area (Å²) in [5.41, 5.74) is 2.17. The second kappa shape index (κ2) is 4.20. The van der Waals surface area contributed by atoms with Gasteiger partial charge in [0.2, 0.25) is 0 Å². The molecule has 2 aromatic heterocycles. The van der Waals surface area contributed by atoms with Gasteiger partial charge in [-0.2, -0.15) is 0 Å². The van der Waals surface area contributed by atoms with Crippen LogP contribution in [0.3, 0.4) is 0 Å². The van der Waals surface area contributed by atoms with Gasteiger partial charge in [-0.3, -0.25) is 0 Å². The molecule has 0 saturated carbocycles. The molecule has 0 fully saturated rings. The first-order valence-corrected chi connectivity index (χ1v) is 5.61. The predicted molar refractivity (Wildman–Crippen MR) is 67.5 cm³/mol. The molecule has 1 aromatic carbocycles. The van der Waals surface area contributed by atoms with Crippen LogP contribution in [0, 0.1) is 5.82 Å². The van der Waals surface area contributed by atoms with E-state index in [1.165, 1.54) is 24.3 Å². The monoisotopic (exact) mass is 256 g/mol. The van der Waals surface area contributed by atoms with Crippen LogP contribution in [0.25, 0.3) is 16.9 Å². The van der Waals surface area contributed by atoms with Crippen LogP contribution in [0.5, 0.6) is 0 Å². The summed E-state index contributed by atoms with van der Waals surface area (Å²) in [6, 6.07) is 9.00. The van der Waals surface area contributed by atoms with Crippen LogP contribution in [-0.2, 0) is 0 Å². The van der Waals surface area contributed by atoms with Gasteiger partial charge in [-0.05, 0) is 36.4 Å². The summed E-state index contributed by atoms with van der Waals surface area (Å²) in [5, 5.41) is 8.92. The highest BCUT2D eigenvalue weighted by atomic mass is 19.1. The number of halogens is 1. The van der Waals surface area contributed by atoms with Crippen LogP contribution in [0.2, 0.25) is 0 Å². The Labute approximate surface area is 107 Å². The maximum atomic E-state index is 12.9. The Morgan fingerprint density at radius 2 is 1.95 bits per heavy atom. The van der Waals surface area contributed by atoms with Crippen molar-refractivity contribution in [1.82, 2.24) is 9.38 Å². The molecule has 0 bridgehead atoms. The standard InChI is InChI=1S/C14H9FN2O2/c15-11-3-1-9(2-4-11)12-8-17-6-5-10(14(18)19)7-13(17)16-12/h1-8H,(H,18,19). The lowest BCUT2D eigenvalue weighted by atomic mass is 10.2. The van der Waals surface area contributed by atoms with Gasteiger partial charge >= 0.3 is 5.97 Å². The Kier molecular flexibility index (Phi) is 2.52. The fourth-order valence-corrected chi connectivity index (χ4v) is 1.87. The molecule has 3 aromatic rings. The molecular formula is C14H9FN2O2. The number of carbonyl (C=O) groups is 1. The zero-order valence-corrected chi connectivity index (χ0v) is 9.75. The fraction of sp³-hybridized carbons (Fsp3) is 0. The lowest BCUT2D eigenvalue weighted by molar-refractivity contribution is 0.0697. The van der Waals surface area contributed by atoms with E-state index in [1.807, 2.05) is 0 Å². The van der Waals surface area contributed by atoms with Crippen LogP contribution >= 0.6 is 0 Å². The third-order valence-corrected chi connectivity index (χ3v) is 2.85. The molecule has 2 heterocycles. The zero-order chi connectivity index (χ0) is 13.4. The number of benzene rings is 1. The van der Waals surface area contributed by atoms with E-state index in [0.29, 0.717) is 11.3 Å². The summed E-state index contributed by atoms with van der Waals surface area (Å²) in [7, 11) is 0. The van der Waals surface area contributed by atoms with Crippen molar-refractivity contribution in [3.63, 3.8) is 0 Å². The first-order valence-electron chi connectivity index (χ1n) is 5.61. The highest BCUT2D eigenvalue weighted by Crippen LogP contribution is 2.20. The van der Waals surface area contributed by atoms with Crippen molar-refractivity contribution in [3.05, 3.63) is 60.2 Å². The van der Waals surface area contributed by atoms with E-state index in [2.05, 4.69) is 4.98 Å². The van der Waals surface area contributed by atoms with E-state index in [1.54, 1.807) is 28.9 Å². The van der Waals surface area contributed by atoms with Gasteiger partial charge in [0.1, 0.15) is 11.5 Å². The molecule has 1 N–H and O–H groups in total. The maximum Gasteiger partial charge on any atom is 0.335 e. The normalized spacial score (nSPS) is 10.8. The van der Waals surface area contributed by atoms with Crippen molar-refractivity contribution >= 4 is 11.6 Å². The van der Waals surface area contributed by atoms with Crippen LogP contribution in [-0.4, -0.2) is 20.5 Å². The van der Waals surface area contributed by atoms with Gasteiger partial charge in [0, 0.05) is 18.0 Å². The molecule has 4 nitrogen and oxygen atoms in total. The molecule has 0 aliphatic carbocycles. The molecule has 19 heavy (non-hydrogen) atoms. The van der Waals surface area contributed by atoms with E-state index >= 15 is 0 Å². The number of carboxylic acid groups (broad SMARTS) is 1. The van der Waals surface area contributed by atoms with Crippen molar-refractivity contribution in [2.24, 2.45) is 0 Å². The molecule has 0 atom stereocenters. The Bertz CT molecular complexity index is 763. The van der Waals surface area contributed by atoms with E-state index < -0.39 is 5.97 Å². The minimum absolute atomic E-state index is 0.184. The largest absolute Gasteiger partial charge is 0.478 e. The summed E-state index contributed by atoms with van der Waals surface area (Å²) in [6.07, 6.45) is 3.41. The van der Waals surface area contributed by atoms with Crippen LogP contribution in [0.15, 0.2) is 48.8 Å². The average molecular weight is 256 g/mol. The van der Waals surface area contributed by atoms with E-state index in [4.69, 9.17) is 5.11 Å². The molecule has 0 saturated heterocycles. The second-order valence-electron chi connectivity index (χ2n) is 4.12. The topological polar surface area (TPSA) is 54.6 Å². The van der Waals surface area contributed by atoms with Gasteiger partial charge < -0.3 is 9.51 Å². The van der Waals surface area contributed by atoms with E-state index in [0.717, 1.165) is 5.56 Å². The summed E-state index contributed by atoms with van der Waals surface area (Å²) in [6.45, 7) is 0. The van der Waals surface area contributed by atoms with Crippen molar-refractivity contribution in [2.45, 2.75) is 0 Å². The van der Waals surface area contributed by atoms with Crippen LogP contribution < -0.4 is 0 Å². The summed E-state index contributed by atoms with van der Waals surface area (Å²) in [5.74, 6) is -1.30. The van der Waals surface area contributed by atoms with Crippen LogP contribution in [0.1, 0.15) is 10.4 Å². The van der Waals surface area contributed by atoms with Crippen LogP contribution in [0.4, 0.5) is 4.39 Å². The molecule has 0 aliphatic heterocycles. The van der Waals surface area contributed by atoms with Gasteiger partial charge in [0.05, 0.1) is 11.3 Å². The number of hydrogen-bond donors (Lipinski definition) is 1. The third-order valence-electron chi connectivity index (χ3n) is 2.85. The lowest BCUT2D eigenvalue weighted by Gasteiger charge is -1.94. The molecule has 0 spiro atoms. The smallest absolute Gasteiger partial charge is 0.335 e. The molecule has 5 heteroatoms. The number of hydrogen-bond acceptors (Lipinski definition) is 2. The second-order valence-corrected chi connectivity index (χ2v) is 4.12. The lowest BCUT2D eigenvalue weighted by Crippen LogP contribution is -1.96. The number of imidazole rings is 1. The van der Waals surface area contributed by atoms with E-state index in [-0.39, 0.29) is 11.4 Å². The SMILES string of the molecule is O=C(O)c1ccn2cc(-c3ccc(F)cc3)nc2c1. The predicted octanol–water partition coefficient (Wildman–Crippen LogP) is 2.84. The van der Waals surface area contributed by atoms with Crippen molar-refractivity contribution in [3.8, 4) is 11.3 Å². The molecule has 0 unspecified atom stereocenters. The quantitative estimate of drug-likeness (QED) is 0.767. The number of rotatable bonds is 2. The Morgan fingerprint density at radius 1 is 1.21 bits per heavy atom. The van der Waals surface area contributed by atoms with Gasteiger partial charge in [-0.1, -0.05) is 0 Å². The van der Waals surface area contributed by atoms with Crippen molar-refractivity contribution in [1.29, 1.82) is 0 Å². The van der Waals surface area contributed by atoms with E-state index in [9.17, 15) is 9.18 Å². The Balaban J connectivity index is 2.11. The Morgan fingerprint density at radius 3 is 2.63 bits per heavy atom. The number of fused-ring (bicyclic) bond motifs is 1. The zero-order valence-electron chi connectivity index (χ0n) is 9.75. The molecule has 3 rings (SSSR count). The number of carboxylic acids is 1. The van der Waals surface area contributed by atoms with Gasteiger partial charge in [-0.25, -0.2) is 14.2 Å². The fourth-order valence-electron chi connectivity index (χ4n) is 1.87. The number of aromatic carboxylic acids is 1. The third kappa shape index (κ3) is 2.06. The number of nitrogens with zero attached hydrogens (tertiary/aromatic N) is 2. The highest BCUT2D eigenvalue weighted by Gasteiger charge is 2.08.